The van der Waals surface area contributed by atoms with E-state index in [0.717, 1.165) is 16.9 Å². The minimum absolute atomic E-state index is 0.0319. The topological polar surface area (TPSA) is 49.8 Å². The highest BCUT2D eigenvalue weighted by molar-refractivity contribution is 5.76. The van der Waals surface area contributed by atoms with Crippen molar-refractivity contribution in [2.45, 2.75) is 39.3 Å². The highest BCUT2D eigenvalue weighted by Gasteiger charge is 2.13. The predicted molar refractivity (Wildman–Crippen MR) is 75.1 cm³/mol. The number of amides is 1. The Bertz CT molecular complexity index is 429. The standard InChI is InChI=1S/C15H23NO3/c1-11-5-7-14(19-4)13(9-11)10-16(3)15(18)8-6-12(2)17/h5,7,9,12,17H,6,8,10H2,1-4H3. The molecule has 0 aliphatic rings. The molecule has 1 atom stereocenters. The van der Waals surface area contributed by atoms with Gasteiger partial charge >= 0.3 is 0 Å². The molecule has 0 aliphatic carbocycles. The number of ether oxygens (including phenoxy) is 1. The van der Waals surface area contributed by atoms with E-state index in [4.69, 9.17) is 4.74 Å². The van der Waals surface area contributed by atoms with Crippen LogP contribution < -0.4 is 4.74 Å². The number of hydrogen-bond acceptors (Lipinski definition) is 3. The van der Waals surface area contributed by atoms with Gasteiger partial charge in [-0.15, -0.1) is 0 Å². The van der Waals surface area contributed by atoms with Crippen molar-refractivity contribution in [3.8, 4) is 5.75 Å². The molecular weight excluding hydrogens is 242 g/mol. The molecule has 0 aliphatic heterocycles. The Kier molecular flexibility index (Phi) is 5.83. The van der Waals surface area contributed by atoms with Gasteiger partial charge < -0.3 is 14.7 Å². The van der Waals surface area contributed by atoms with Gasteiger partial charge in [-0.05, 0) is 26.3 Å². The van der Waals surface area contributed by atoms with E-state index in [1.807, 2.05) is 25.1 Å². The Morgan fingerprint density at radius 1 is 1.47 bits per heavy atom. The average molecular weight is 265 g/mol. The zero-order valence-electron chi connectivity index (χ0n) is 12.1. The lowest BCUT2D eigenvalue weighted by molar-refractivity contribution is -0.131. The third-order valence-corrected chi connectivity index (χ3v) is 3.05. The van der Waals surface area contributed by atoms with Crippen LogP contribution in [0.5, 0.6) is 5.75 Å². The molecular formula is C15H23NO3. The van der Waals surface area contributed by atoms with Crippen molar-refractivity contribution in [3.63, 3.8) is 0 Å². The Balaban J connectivity index is 2.68. The molecule has 106 valence electrons. The monoisotopic (exact) mass is 265 g/mol. The molecule has 0 bridgehead atoms. The smallest absolute Gasteiger partial charge is 0.222 e. The van der Waals surface area contributed by atoms with E-state index in [9.17, 15) is 9.90 Å². The number of benzene rings is 1. The van der Waals surface area contributed by atoms with Crippen LogP contribution in [0.1, 0.15) is 30.9 Å². The van der Waals surface area contributed by atoms with Gasteiger partial charge in [-0.1, -0.05) is 17.7 Å². The van der Waals surface area contributed by atoms with Crippen molar-refractivity contribution in [3.05, 3.63) is 29.3 Å². The van der Waals surface area contributed by atoms with Gasteiger partial charge in [0.15, 0.2) is 0 Å². The molecule has 4 nitrogen and oxygen atoms in total. The number of carbonyl (C=O) groups is 1. The van der Waals surface area contributed by atoms with E-state index in [1.165, 1.54) is 0 Å². The van der Waals surface area contributed by atoms with Crippen LogP contribution >= 0.6 is 0 Å². The van der Waals surface area contributed by atoms with Gasteiger partial charge in [0.25, 0.3) is 0 Å². The van der Waals surface area contributed by atoms with Crippen molar-refractivity contribution < 1.29 is 14.6 Å². The molecule has 1 N–H and O–H groups in total. The molecule has 0 radical (unpaired) electrons. The fraction of sp³-hybridized carbons (Fsp3) is 0.533. The fourth-order valence-corrected chi connectivity index (χ4v) is 1.90. The largest absolute Gasteiger partial charge is 0.496 e. The summed E-state index contributed by atoms with van der Waals surface area (Å²) >= 11 is 0. The summed E-state index contributed by atoms with van der Waals surface area (Å²) in [6.07, 6.45) is 0.419. The second-order valence-corrected chi connectivity index (χ2v) is 4.95. The van der Waals surface area contributed by atoms with Crippen molar-refractivity contribution in [2.24, 2.45) is 0 Å². The van der Waals surface area contributed by atoms with Crippen LogP contribution in [0.25, 0.3) is 0 Å². The molecule has 1 aromatic rings. The van der Waals surface area contributed by atoms with Crippen LogP contribution in [0.15, 0.2) is 18.2 Å². The first kappa shape index (κ1) is 15.5. The first-order chi connectivity index (χ1) is 8.93. The minimum atomic E-state index is -0.439. The van der Waals surface area contributed by atoms with E-state index >= 15 is 0 Å². The van der Waals surface area contributed by atoms with E-state index < -0.39 is 6.10 Å². The summed E-state index contributed by atoms with van der Waals surface area (Å²) in [6, 6.07) is 5.92. The summed E-state index contributed by atoms with van der Waals surface area (Å²) < 4.78 is 5.30. The second-order valence-electron chi connectivity index (χ2n) is 4.95. The lowest BCUT2D eigenvalue weighted by Crippen LogP contribution is -2.27. The maximum Gasteiger partial charge on any atom is 0.222 e. The van der Waals surface area contributed by atoms with Crippen LogP contribution in [0.2, 0.25) is 0 Å². The number of aliphatic hydroxyl groups excluding tert-OH is 1. The number of nitrogens with zero attached hydrogens (tertiary/aromatic N) is 1. The predicted octanol–water partition coefficient (Wildman–Crippen LogP) is 2.12. The lowest BCUT2D eigenvalue weighted by atomic mass is 10.1. The third kappa shape index (κ3) is 4.91. The van der Waals surface area contributed by atoms with Crippen molar-refractivity contribution in [1.82, 2.24) is 4.90 Å². The van der Waals surface area contributed by atoms with E-state index in [0.29, 0.717) is 19.4 Å². The van der Waals surface area contributed by atoms with Crippen LogP contribution in [0.3, 0.4) is 0 Å². The van der Waals surface area contributed by atoms with Gasteiger partial charge in [0.2, 0.25) is 5.91 Å². The normalized spacial score (nSPS) is 12.1. The molecule has 0 saturated carbocycles. The van der Waals surface area contributed by atoms with Gasteiger partial charge in [0.05, 0.1) is 13.2 Å². The van der Waals surface area contributed by atoms with Gasteiger partial charge in [0, 0.05) is 25.6 Å². The van der Waals surface area contributed by atoms with Crippen molar-refractivity contribution in [1.29, 1.82) is 0 Å². The number of aliphatic hydroxyl groups is 1. The van der Waals surface area contributed by atoms with E-state index in [2.05, 4.69) is 0 Å². The van der Waals surface area contributed by atoms with Crippen LogP contribution in [-0.4, -0.2) is 36.2 Å². The van der Waals surface area contributed by atoms with Crippen LogP contribution in [-0.2, 0) is 11.3 Å². The highest BCUT2D eigenvalue weighted by Crippen LogP contribution is 2.21. The summed E-state index contributed by atoms with van der Waals surface area (Å²) in [5.74, 6) is 0.824. The molecule has 0 saturated heterocycles. The maximum absolute atomic E-state index is 11.9. The summed E-state index contributed by atoms with van der Waals surface area (Å²) in [7, 11) is 3.40. The average Bonchev–Trinajstić information content (AvgIpc) is 2.36. The summed E-state index contributed by atoms with van der Waals surface area (Å²) in [5.41, 5.74) is 2.14. The molecule has 1 aromatic carbocycles. The minimum Gasteiger partial charge on any atom is -0.496 e. The molecule has 1 rings (SSSR count). The molecule has 19 heavy (non-hydrogen) atoms. The Morgan fingerprint density at radius 3 is 2.74 bits per heavy atom. The number of rotatable bonds is 6. The molecule has 0 aromatic heterocycles. The van der Waals surface area contributed by atoms with Gasteiger partial charge in [-0.3, -0.25) is 4.79 Å². The Hall–Kier alpha value is -1.55. The Morgan fingerprint density at radius 2 is 2.16 bits per heavy atom. The molecule has 4 heteroatoms. The number of aryl methyl sites for hydroxylation is 1. The molecule has 0 heterocycles. The van der Waals surface area contributed by atoms with E-state index in [-0.39, 0.29) is 5.91 Å². The van der Waals surface area contributed by atoms with Crippen LogP contribution in [0, 0.1) is 6.92 Å². The van der Waals surface area contributed by atoms with Crippen molar-refractivity contribution in [2.75, 3.05) is 14.2 Å². The zero-order chi connectivity index (χ0) is 14.4. The third-order valence-electron chi connectivity index (χ3n) is 3.05. The number of methoxy groups -OCH3 is 1. The Labute approximate surface area is 115 Å². The first-order valence-electron chi connectivity index (χ1n) is 6.49. The maximum atomic E-state index is 11.9. The van der Waals surface area contributed by atoms with E-state index in [1.54, 1.807) is 26.0 Å². The lowest BCUT2D eigenvalue weighted by Gasteiger charge is -2.19. The first-order valence-corrected chi connectivity index (χ1v) is 6.49. The van der Waals surface area contributed by atoms with Crippen LogP contribution in [0.4, 0.5) is 0 Å². The highest BCUT2D eigenvalue weighted by atomic mass is 16.5. The van der Waals surface area contributed by atoms with Crippen molar-refractivity contribution >= 4 is 5.91 Å². The summed E-state index contributed by atoms with van der Waals surface area (Å²) in [5, 5.41) is 9.20. The number of hydrogen-bond donors (Lipinski definition) is 1. The summed E-state index contributed by atoms with van der Waals surface area (Å²) in [4.78, 5) is 13.6. The summed E-state index contributed by atoms with van der Waals surface area (Å²) in [6.45, 7) is 4.22. The molecule has 0 fully saturated rings. The number of carbonyl (C=O) groups excluding carboxylic acids is 1. The zero-order valence-corrected chi connectivity index (χ0v) is 12.1. The molecule has 1 unspecified atom stereocenters. The molecule has 1 amide bonds. The molecule has 0 spiro atoms. The van der Waals surface area contributed by atoms with Gasteiger partial charge in [-0.2, -0.15) is 0 Å². The fourth-order valence-electron chi connectivity index (χ4n) is 1.90. The quantitative estimate of drug-likeness (QED) is 0.857. The van der Waals surface area contributed by atoms with Gasteiger partial charge in [0.1, 0.15) is 5.75 Å². The SMILES string of the molecule is COc1ccc(C)cc1CN(C)C(=O)CCC(C)O. The van der Waals surface area contributed by atoms with Gasteiger partial charge in [-0.25, -0.2) is 0 Å². The second kappa shape index (κ2) is 7.14.